The van der Waals surface area contributed by atoms with Crippen LogP contribution >= 0.6 is 23.2 Å². The lowest BCUT2D eigenvalue weighted by Gasteiger charge is -2.42. The number of nitrogens with zero attached hydrogens (tertiary/aromatic N) is 3. The first-order chi connectivity index (χ1) is 19.3. The Kier molecular flexibility index (Phi) is 9.99. The van der Waals surface area contributed by atoms with E-state index in [0.717, 1.165) is 56.4 Å². The fourth-order valence-electron chi connectivity index (χ4n) is 6.95. The summed E-state index contributed by atoms with van der Waals surface area (Å²) in [6.07, 6.45) is 9.38. The molecule has 3 fully saturated rings. The number of halogens is 2. The number of amides is 1. The summed E-state index contributed by atoms with van der Waals surface area (Å²) in [5.74, 6) is 0.986. The second-order valence-corrected chi connectivity index (χ2v) is 13.2. The van der Waals surface area contributed by atoms with Crippen LogP contribution in [0.1, 0.15) is 69.9 Å². The van der Waals surface area contributed by atoms with Gasteiger partial charge in [-0.2, -0.15) is 0 Å². The molecule has 2 aromatic rings. The smallest absolute Gasteiger partial charge is 0.227 e. The van der Waals surface area contributed by atoms with E-state index in [9.17, 15) is 4.79 Å². The van der Waals surface area contributed by atoms with E-state index < -0.39 is 0 Å². The molecule has 2 saturated heterocycles. The Morgan fingerprint density at radius 3 is 2.48 bits per heavy atom. The maximum atomic E-state index is 13.5. The van der Waals surface area contributed by atoms with Gasteiger partial charge in [-0.05, 0) is 81.5 Å². The highest BCUT2D eigenvalue weighted by Crippen LogP contribution is 2.40. The lowest BCUT2D eigenvalue weighted by Crippen LogP contribution is -2.51. The molecule has 0 N–H and O–H groups in total. The summed E-state index contributed by atoms with van der Waals surface area (Å²) in [5.41, 5.74) is 2.07. The second kappa shape index (κ2) is 13.5. The maximum absolute atomic E-state index is 13.5. The number of benzene rings is 2. The Labute approximate surface area is 250 Å². The van der Waals surface area contributed by atoms with Gasteiger partial charge in [-0.1, -0.05) is 60.7 Å². The van der Waals surface area contributed by atoms with Crippen molar-refractivity contribution < 1.29 is 9.53 Å². The zero-order valence-electron chi connectivity index (χ0n) is 24.2. The van der Waals surface area contributed by atoms with E-state index in [0.29, 0.717) is 23.0 Å². The molecule has 0 radical (unpaired) electrons. The molecule has 0 aromatic heterocycles. The minimum atomic E-state index is -0.118. The van der Waals surface area contributed by atoms with E-state index in [2.05, 4.69) is 20.8 Å². The third-order valence-electron chi connectivity index (χ3n) is 9.27. The molecule has 1 saturated carbocycles. The molecular formula is C33H45Cl2N3O2. The van der Waals surface area contributed by atoms with Crippen LogP contribution in [0.15, 0.2) is 42.5 Å². The first-order valence-electron chi connectivity index (χ1n) is 15.3. The van der Waals surface area contributed by atoms with Crippen LogP contribution in [0.4, 0.5) is 0 Å². The second-order valence-electron chi connectivity index (χ2n) is 12.4. The Balaban J connectivity index is 1.24. The quantitative estimate of drug-likeness (QED) is 0.323. The summed E-state index contributed by atoms with van der Waals surface area (Å²) in [5, 5.41) is 1.17. The first-order valence-corrected chi connectivity index (χ1v) is 16.0. The fraction of sp³-hybridized carbons (Fsp3) is 0.606. The van der Waals surface area contributed by atoms with E-state index in [1.807, 2.05) is 50.2 Å². The number of carbonyl (C=O) groups excluding carboxylic acids is 1. The van der Waals surface area contributed by atoms with Crippen molar-refractivity contribution in [1.82, 2.24) is 14.7 Å². The minimum Gasteiger partial charge on any atom is -0.491 e. The van der Waals surface area contributed by atoms with Gasteiger partial charge in [-0.25, -0.2) is 0 Å². The number of piperazine rings is 1. The number of likely N-dealkylation sites (tertiary alicyclic amines) is 1. The van der Waals surface area contributed by atoms with E-state index in [-0.39, 0.29) is 17.4 Å². The van der Waals surface area contributed by atoms with Crippen LogP contribution in [-0.2, 0) is 16.6 Å². The number of hydrogen-bond donors (Lipinski definition) is 0. The highest BCUT2D eigenvalue weighted by atomic mass is 35.5. The molecule has 2 aliphatic heterocycles. The van der Waals surface area contributed by atoms with Crippen LogP contribution in [0.3, 0.4) is 0 Å². The molecule has 7 heteroatoms. The van der Waals surface area contributed by atoms with E-state index in [1.165, 1.54) is 50.8 Å². The van der Waals surface area contributed by atoms with Crippen molar-refractivity contribution in [1.29, 1.82) is 0 Å². The molecule has 5 nitrogen and oxygen atoms in total. The number of ether oxygens (including phenoxy) is 1. The van der Waals surface area contributed by atoms with Crippen LogP contribution in [0, 0.1) is 0 Å². The zero-order chi connectivity index (χ0) is 28.1. The van der Waals surface area contributed by atoms with Gasteiger partial charge in [0.2, 0.25) is 5.91 Å². The molecule has 3 aliphatic rings. The van der Waals surface area contributed by atoms with Crippen molar-refractivity contribution in [2.45, 2.75) is 82.8 Å². The summed E-state index contributed by atoms with van der Waals surface area (Å²) in [4.78, 5) is 20.9. The number of carbonyl (C=O) groups is 1. The van der Waals surface area contributed by atoms with Crippen molar-refractivity contribution in [2.24, 2.45) is 0 Å². The molecule has 5 rings (SSSR count). The minimum absolute atomic E-state index is 0.103. The van der Waals surface area contributed by atoms with Crippen molar-refractivity contribution in [3.05, 3.63) is 63.6 Å². The van der Waals surface area contributed by atoms with E-state index in [4.69, 9.17) is 27.9 Å². The predicted molar refractivity (Wildman–Crippen MR) is 165 cm³/mol. The molecule has 40 heavy (non-hydrogen) atoms. The Hall–Kier alpha value is -1.79. The molecule has 2 aromatic carbocycles. The number of hydrogen-bond acceptors (Lipinski definition) is 4. The average Bonchev–Trinajstić information content (AvgIpc) is 3.40. The monoisotopic (exact) mass is 585 g/mol. The van der Waals surface area contributed by atoms with Gasteiger partial charge in [0.25, 0.3) is 0 Å². The third kappa shape index (κ3) is 7.34. The van der Waals surface area contributed by atoms with Crippen LogP contribution in [0.2, 0.25) is 10.0 Å². The van der Waals surface area contributed by atoms with E-state index in [1.54, 1.807) is 0 Å². The van der Waals surface area contributed by atoms with Gasteiger partial charge < -0.3 is 14.5 Å². The van der Waals surface area contributed by atoms with Crippen LogP contribution in [0.5, 0.6) is 5.75 Å². The van der Waals surface area contributed by atoms with Gasteiger partial charge in [0.1, 0.15) is 5.75 Å². The van der Waals surface area contributed by atoms with Gasteiger partial charge in [0.15, 0.2) is 0 Å². The van der Waals surface area contributed by atoms with Crippen LogP contribution in [0.25, 0.3) is 0 Å². The van der Waals surface area contributed by atoms with Gasteiger partial charge in [-0.15, -0.1) is 0 Å². The van der Waals surface area contributed by atoms with Gasteiger partial charge in [0, 0.05) is 50.7 Å². The average molecular weight is 587 g/mol. The lowest BCUT2D eigenvalue weighted by atomic mass is 9.76. The molecule has 0 spiro atoms. The van der Waals surface area contributed by atoms with Crippen LogP contribution in [-0.4, -0.2) is 78.6 Å². The SMILES string of the molecule is CC(C)Oc1cccc(CC(=O)N2CC[C@](CCN3CCN(C4CCCCC4)CC3)(c3ccc(Cl)c(Cl)c3)C2)c1. The zero-order valence-corrected chi connectivity index (χ0v) is 25.7. The van der Waals surface area contributed by atoms with E-state index >= 15 is 0 Å². The Morgan fingerprint density at radius 1 is 0.975 bits per heavy atom. The summed E-state index contributed by atoms with van der Waals surface area (Å²) in [6, 6.07) is 14.8. The van der Waals surface area contributed by atoms with Crippen LogP contribution < -0.4 is 4.74 Å². The molecule has 1 amide bonds. The predicted octanol–water partition coefficient (Wildman–Crippen LogP) is 6.83. The normalized spacial score (nSPS) is 23.2. The van der Waals surface area contributed by atoms with Crippen molar-refractivity contribution in [2.75, 3.05) is 45.8 Å². The first kappa shape index (κ1) is 29.7. The molecule has 0 unspecified atom stereocenters. The van der Waals surface area contributed by atoms with Crippen molar-refractivity contribution in [3.63, 3.8) is 0 Å². The molecule has 1 atom stereocenters. The number of rotatable bonds is 9. The van der Waals surface area contributed by atoms with Crippen molar-refractivity contribution in [3.8, 4) is 5.75 Å². The summed E-state index contributed by atoms with van der Waals surface area (Å²) < 4.78 is 5.85. The standard InChI is InChI=1S/C33H45Cl2N3O2/c1-25(2)40-29-10-6-7-26(21-29)22-32(39)38-16-14-33(24-38,27-11-12-30(34)31(35)23-27)13-15-36-17-19-37(20-18-36)28-8-4-3-5-9-28/h6-7,10-12,21,23,25,28H,3-5,8-9,13-20,22,24H2,1-2H3/t33-/m0/s1. The van der Waals surface area contributed by atoms with Gasteiger partial charge >= 0.3 is 0 Å². The topological polar surface area (TPSA) is 36.0 Å². The maximum Gasteiger partial charge on any atom is 0.227 e. The molecule has 218 valence electrons. The highest BCUT2D eigenvalue weighted by Gasteiger charge is 2.41. The molecule has 2 heterocycles. The van der Waals surface area contributed by atoms with Gasteiger partial charge in [0.05, 0.1) is 22.6 Å². The lowest BCUT2D eigenvalue weighted by molar-refractivity contribution is -0.129. The Bertz CT molecular complexity index is 1140. The molecule has 1 aliphatic carbocycles. The van der Waals surface area contributed by atoms with Gasteiger partial charge in [-0.3, -0.25) is 9.69 Å². The summed E-state index contributed by atoms with van der Waals surface area (Å²) in [7, 11) is 0. The summed E-state index contributed by atoms with van der Waals surface area (Å²) >= 11 is 12.8. The van der Waals surface area contributed by atoms with Crippen molar-refractivity contribution >= 4 is 29.1 Å². The highest BCUT2D eigenvalue weighted by molar-refractivity contribution is 6.42. The third-order valence-corrected chi connectivity index (χ3v) is 10.0. The molecule has 0 bridgehead atoms. The fourth-order valence-corrected chi connectivity index (χ4v) is 7.25. The Morgan fingerprint density at radius 2 is 1.75 bits per heavy atom. The molecular weight excluding hydrogens is 541 g/mol. The summed E-state index contributed by atoms with van der Waals surface area (Å²) in [6.45, 7) is 11.2. The largest absolute Gasteiger partial charge is 0.491 e.